The van der Waals surface area contributed by atoms with Crippen LogP contribution in [0.25, 0.3) is 0 Å². The maximum absolute atomic E-state index is 11.7. The second kappa shape index (κ2) is 7.37. The van der Waals surface area contributed by atoms with Crippen LogP contribution in [-0.2, 0) is 0 Å². The van der Waals surface area contributed by atoms with Gasteiger partial charge in [0.1, 0.15) is 5.75 Å². The van der Waals surface area contributed by atoms with Gasteiger partial charge in [-0.3, -0.25) is 4.79 Å². The Balaban J connectivity index is 2.66. The van der Waals surface area contributed by atoms with Crippen LogP contribution in [0, 0.1) is 0 Å². The molecule has 0 saturated heterocycles. The first kappa shape index (κ1) is 14.1. The van der Waals surface area contributed by atoms with E-state index in [-0.39, 0.29) is 5.91 Å². The molecule has 1 aromatic rings. The second-order valence-corrected chi connectivity index (χ2v) is 3.95. The van der Waals surface area contributed by atoms with E-state index in [2.05, 4.69) is 18.8 Å². The molecule has 1 rings (SSSR count). The summed E-state index contributed by atoms with van der Waals surface area (Å²) in [4.78, 5) is 11.7. The lowest BCUT2D eigenvalue weighted by atomic mass is 10.1. The van der Waals surface area contributed by atoms with E-state index in [0.717, 1.165) is 12.8 Å². The molecule has 0 spiro atoms. The lowest BCUT2D eigenvalue weighted by Gasteiger charge is -2.10. The summed E-state index contributed by atoms with van der Waals surface area (Å²) >= 11 is 0. The monoisotopic (exact) mass is 248 g/mol. The Kier molecular flexibility index (Phi) is 5.77. The van der Waals surface area contributed by atoms with E-state index >= 15 is 0 Å². The number of benzene rings is 1. The summed E-state index contributed by atoms with van der Waals surface area (Å²) in [5, 5.41) is 2.69. The van der Waals surface area contributed by atoms with Crippen LogP contribution in [0.1, 0.15) is 30.1 Å². The highest BCUT2D eigenvalue weighted by atomic mass is 16.5. The molecule has 0 aliphatic heterocycles. The highest BCUT2D eigenvalue weighted by molar-refractivity contribution is 5.95. The number of ether oxygens (including phenoxy) is 1. The molecule has 0 heterocycles. The summed E-state index contributed by atoms with van der Waals surface area (Å²) in [6, 6.07) is 5.06. The Morgan fingerprint density at radius 3 is 2.94 bits per heavy atom. The lowest BCUT2D eigenvalue weighted by Crippen LogP contribution is -2.23. The number of anilines is 1. The number of hydrogen-bond acceptors (Lipinski definition) is 3. The highest BCUT2D eigenvalue weighted by Crippen LogP contribution is 2.22. The number of carbonyl (C=O) groups excluding carboxylic acids is 1. The van der Waals surface area contributed by atoms with E-state index in [0.29, 0.717) is 30.2 Å². The average Bonchev–Trinajstić information content (AvgIpc) is 2.38. The molecule has 0 aliphatic carbocycles. The maximum Gasteiger partial charge on any atom is 0.251 e. The largest absolute Gasteiger partial charge is 0.491 e. The fourth-order valence-corrected chi connectivity index (χ4v) is 1.41. The van der Waals surface area contributed by atoms with Crippen molar-refractivity contribution in [2.24, 2.45) is 0 Å². The Labute approximate surface area is 108 Å². The van der Waals surface area contributed by atoms with Gasteiger partial charge in [0.25, 0.3) is 5.91 Å². The molecular formula is C14H20N2O2. The fourth-order valence-electron chi connectivity index (χ4n) is 1.41. The Morgan fingerprint density at radius 2 is 2.33 bits per heavy atom. The Hall–Kier alpha value is -1.97. The van der Waals surface area contributed by atoms with Gasteiger partial charge in [-0.1, -0.05) is 19.4 Å². The van der Waals surface area contributed by atoms with Gasteiger partial charge in [0.05, 0.1) is 12.3 Å². The van der Waals surface area contributed by atoms with Crippen LogP contribution < -0.4 is 15.8 Å². The van der Waals surface area contributed by atoms with Crippen molar-refractivity contribution < 1.29 is 9.53 Å². The number of hydrogen-bond donors (Lipinski definition) is 2. The van der Waals surface area contributed by atoms with Gasteiger partial charge in [-0.05, 0) is 24.6 Å². The first-order valence-corrected chi connectivity index (χ1v) is 6.10. The minimum Gasteiger partial charge on any atom is -0.491 e. The average molecular weight is 248 g/mol. The summed E-state index contributed by atoms with van der Waals surface area (Å²) in [6.45, 7) is 6.72. The number of amides is 1. The van der Waals surface area contributed by atoms with Gasteiger partial charge in [-0.25, -0.2) is 0 Å². The Bertz CT molecular complexity index is 416. The summed E-state index contributed by atoms with van der Waals surface area (Å²) < 4.78 is 5.52. The van der Waals surface area contributed by atoms with E-state index < -0.39 is 0 Å². The smallest absolute Gasteiger partial charge is 0.251 e. The maximum atomic E-state index is 11.7. The van der Waals surface area contributed by atoms with Crippen LogP contribution in [0.4, 0.5) is 5.69 Å². The summed E-state index contributed by atoms with van der Waals surface area (Å²) in [6.07, 6.45) is 3.69. The van der Waals surface area contributed by atoms with Crippen LogP contribution in [0.15, 0.2) is 30.9 Å². The molecule has 0 radical (unpaired) electrons. The molecule has 98 valence electrons. The van der Waals surface area contributed by atoms with E-state index in [1.807, 2.05) is 0 Å². The Morgan fingerprint density at radius 1 is 1.56 bits per heavy atom. The first-order valence-electron chi connectivity index (χ1n) is 6.10. The summed E-state index contributed by atoms with van der Waals surface area (Å²) in [5.74, 6) is 0.463. The SMILES string of the molecule is C=CCNC(=O)c1ccc(OCCCC)c(N)c1. The molecular weight excluding hydrogens is 228 g/mol. The van der Waals surface area contributed by atoms with Crippen LogP contribution in [0.3, 0.4) is 0 Å². The molecule has 3 N–H and O–H groups in total. The molecule has 0 bridgehead atoms. The van der Waals surface area contributed by atoms with Gasteiger partial charge in [-0.2, -0.15) is 0 Å². The van der Waals surface area contributed by atoms with Crippen LogP contribution in [0.2, 0.25) is 0 Å². The zero-order valence-corrected chi connectivity index (χ0v) is 10.7. The molecule has 0 fully saturated rings. The molecule has 18 heavy (non-hydrogen) atoms. The van der Waals surface area contributed by atoms with Gasteiger partial charge in [0.2, 0.25) is 0 Å². The first-order chi connectivity index (χ1) is 8.69. The van der Waals surface area contributed by atoms with Crippen molar-refractivity contribution >= 4 is 11.6 Å². The third kappa shape index (κ3) is 4.13. The number of nitrogens with two attached hydrogens (primary N) is 1. The van der Waals surface area contributed by atoms with Crippen molar-refractivity contribution in [3.63, 3.8) is 0 Å². The van der Waals surface area contributed by atoms with Gasteiger partial charge in [0, 0.05) is 12.1 Å². The molecule has 1 aromatic carbocycles. The van der Waals surface area contributed by atoms with E-state index in [1.165, 1.54) is 0 Å². The third-order valence-electron chi connectivity index (χ3n) is 2.43. The zero-order valence-electron chi connectivity index (χ0n) is 10.7. The zero-order chi connectivity index (χ0) is 13.4. The summed E-state index contributed by atoms with van der Waals surface area (Å²) in [5.41, 5.74) is 6.85. The standard InChI is InChI=1S/C14H20N2O2/c1-3-5-9-18-13-7-6-11(10-12(13)15)14(17)16-8-4-2/h4,6-7,10H,2-3,5,8-9,15H2,1H3,(H,16,17). The molecule has 0 atom stereocenters. The fraction of sp³-hybridized carbons (Fsp3) is 0.357. The van der Waals surface area contributed by atoms with Gasteiger partial charge in [0.15, 0.2) is 0 Å². The predicted octanol–water partition coefficient (Wildman–Crippen LogP) is 2.36. The normalized spacial score (nSPS) is 9.83. The molecule has 0 saturated carbocycles. The van der Waals surface area contributed by atoms with Crippen LogP contribution in [-0.4, -0.2) is 19.1 Å². The van der Waals surface area contributed by atoms with E-state index in [9.17, 15) is 4.79 Å². The minimum absolute atomic E-state index is 0.165. The number of rotatable bonds is 7. The third-order valence-corrected chi connectivity index (χ3v) is 2.43. The van der Waals surface area contributed by atoms with Crippen molar-refractivity contribution in [1.82, 2.24) is 5.32 Å². The van der Waals surface area contributed by atoms with Crippen molar-refractivity contribution in [2.75, 3.05) is 18.9 Å². The molecule has 1 amide bonds. The number of unbranched alkanes of at least 4 members (excludes halogenated alkanes) is 1. The second-order valence-electron chi connectivity index (χ2n) is 3.95. The molecule has 0 unspecified atom stereocenters. The lowest BCUT2D eigenvalue weighted by molar-refractivity contribution is 0.0958. The highest BCUT2D eigenvalue weighted by Gasteiger charge is 2.07. The van der Waals surface area contributed by atoms with Crippen molar-refractivity contribution in [2.45, 2.75) is 19.8 Å². The van der Waals surface area contributed by atoms with Gasteiger partial charge >= 0.3 is 0 Å². The van der Waals surface area contributed by atoms with E-state index in [1.54, 1.807) is 24.3 Å². The van der Waals surface area contributed by atoms with E-state index in [4.69, 9.17) is 10.5 Å². The van der Waals surface area contributed by atoms with Crippen LogP contribution in [0.5, 0.6) is 5.75 Å². The molecule has 0 aromatic heterocycles. The minimum atomic E-state index is -0.165. The predicted molar refractivity (Wildman–Crippen MR) is 73.8 cm³/mol. The van der Waals surface area contributed by atoms with Crippen molar-refractivity contribution in [1.29, 1.82) is 0 Å². The molecule has 4 nitrogen and oxygen atoms in total. The topological polar surface area (TPSA) is 64.3 Å². The number of nitrogen functional groups attached to an aromatic ring is 1. The quantitative estimate of drug-likeness (QED) is 0.442. The van der Waals surface area contributed by atoms with Crippen molar-refractivity contribution in [3.8, 4) is 5.75 Å². The molecule has 0 aliphatic rings. The number of nitrogens with one attached hydrogen (secondary N) is 1. The summed E-state index contributed by atoms with van der Waals surface area (Å²) in [7, 11) is 0. The van der Waals surface area contributed by atoms with Crippen LogP contribution >= 0.6 is 0 Å². The van der Waals surface area contributed by atoms with Gasteiger partial charge < -0.3 is 15.8 Å². The number of carbonyl (C=O) groups is 1. The van der Waals surface area contributed by atoms with Crippen molar-refractivity contribution in [3.05, 3.63) is 36.4 Å². The molecule has 4 heteroatoms. The van der Waals surface area contributed by atoms with Gasteiger partial charge in [-0.15, -0.1) is 6.58 Å².